The normalized spacial score (nSPS) is 16.4. The van der Waals surface area contributed by atoms with Crippen molar-refractivity contribution in [3.63, 3.8) is 0 Å². The highest BCUT2D eigenvalue weighted by molar-refractivity contribution is 7.98. The van der Waals surface area contributed by atoms with Crippen LogP contribution in [0.4, 0.5) is 5.69 Å². The van der Waals surface area contributed by atoms with E-state index in [1.165, 1.54) is 11.9 Å². The van der Waals surface area contributed by atoms with Crippen LogP contribution >= 0.6 is 23.5 Å². The number of aliphatic imine (C=N–C) groups is 1. The van der Waals surface area contributed by atoms with Gasteiger partial charge in [-0.1, -0.05) is 11.6 Å². The van der Waals surface area contributed by atoms with Crippen molar-refractivity contribution in [3.05, 3.63) is 17.2 Å². The van der Waals surface area contributed by atoms with Gasteiger partial charge in [0.1, 0.15) is 5.75 Å². The Kier molecular flexibility index (Phi) is 3.69. The first-order valence-electron chi connectivity index (χ1n) is 5.25. The first-order chi connectivity index (χ1) is 8.10. The van der Waals surface area contributed by atoms with E-state index in [9.17, 15) is 0 Å². The standard InChI is InChI=1S/C11H14ClN3OS/c1-6(2)13-11-14-8-5-9(16-3)7(12)4-10(8)17-15-11/h4-6H,1-3H3,(H2,13,14,15). The highest BCUT2D eigenvalue weighted by Gasteiger charge is 2.16. The number of benzene rings is 1. The summed E-state index contributed by atoms with van der Waals surface area (Å²) in [6.45, 7) is 4.05. The van der Waals surface area contributed by atoms with Crippen LogP contribution in [0.15, 0.2) is 22.0 Å². The Morgan fingerprint density at radius 1 is 1.41 bits per heavy atom. The Balaban J connectivity index is 2.31. The number of nitrogens with zero attached hydrogens (tertiary/aromatic N) is 1. The van der Waals surface area contributed by atoms with Gasteiger partial charge in [0.15, 0.2) is 0 Å². The van der Waals surface area contributed by atoms with Gasteiger partial charge >= 0.3 is 0 Å². The molecule has 2 rings (SSSR count). The van der Waals surface area contributed by atoms with Gasteiger partial charge < -0.3 is 10.1 Å². The zero-order chi connectivity index (χ0) is 12.4. The second kappa shape index (κ2) is 5.06. The molecule has 2 N–H and O–H groups in total. The number of guanidine groups is 1. The zero-order valence-electron chi connectivity index (χ0n) is 9.87. The third-order valence-electron chi connectivity index (χ3n) is 2.15. The maximum Gasteiger partial charge on any atom is 0.206 e. The van der Waals surface area contributed by atoms with Crippen molar-refractivity contribution >= 4 is 35.2 Å². The molecule has 1 aliphatic heterocycles. The third kappa shape index (κ3) is 2.79. The minimum absolute atomic E-state index is 0.237. The van der Waals surface area contributed by atoms with Gasteiger partial charge in [-0.3, -0.25) is 4.72 Å². The zero-order valence-corrected chi connectivity index (χ0v) is 11.4. The highest BCUT2D eigenvalue weighted by Crippen LogP contribution is 2.37. The van der Waals surface area contributed by atoms with E-state index in [4.69, 9.17) is 16.3 Å². The lowest BCUT2D eigenvalue weighted by Crippen LogP contribution is -2.30. The van der Waals surface area contributed by atoms with Gasteiger partial charge in [-0.2, -0.15) is 0 Å². The molecule has 0 unspecified atom stereocenters. The molecule has 1 aliphatic rings. The van der Waals surface area contributed by atoms with E-state index in [-0.39, 0.29) is 6.04 Å². The molecule has 1 heterocycles. The molecule has 0 fully saturated rings. The second-order valence-electron chi connectivity index (χ2n) is 3.88. The lowest BCUT2D eigenvalue weighted by molar-refractivity contribution is 0.415. The molecule has 0 saturated heterocycles. The van der Waals surface area contributed by atoms with Crippen molar-refractivity contribution in [2.75, 3.05) is 12.4 Å². The molecule has 0 spiro atoms. The third-order valence-corrected chi connectivity index (χ3v) is 3.30. The molecular formula is C11H14ClN3OS. The summed E-state index contributed by atoms with van der Waals surface area (Å²) >= 11 is 7.55. The van der Waals surface area contributed by atoms with Crippen molar-refractivity contribution in [3.8, 4) is 5.75 Å². The van der Waals surface area contributed by atoms with Gasteiger partial charge in [0, 0.05) is 12.1 Å². The number of rotatable bonds is 2. The Morgan fingerprint density at radius 2 is 2.18 bits per heavy atom. The van der Waals surface area contributed by atoms with E-state index in [0.29, 0.717) is 10.8 Å². The van der Waals surface area contributed by atoms with E-state index in [2.05, 4.69) is 15.0 Å². The lowest BCUT2D eigenvalue weighted by atomic mass is 10.3. The van der Waals surface area contributed by atoms with Crippen LogP contribution in [0.2, 0.25) is 5.02 Å². The molecule has 4 nitrogen and oxygen atoms in total. The molecule has 0 amide bonds. The largest absolute Gasteiger partial charge is 0.495 e. The predicted octanol–water partition coefficient (Wildman–Crippen LogP) is 3.14. The molecular weight excluding hydrogens is 258 g/mol. The number of fused-ring (bicyclic) bond motifs is 1. The maximum absolute atomic E-state index is 6.06. The summed E-state index contributed by atoms with van der Waals surface area (Å²) in [4.78, 5) is 5.44. The fraction of sp³-hybridized carbons (Fsp3) is 0.364. The minimum Gasteiger partial charge on any atom is -0.495 e. The van der Waals surface area contributed by atoms with Crippen LogP contribution in [0.1, 0.15) is 13.8 Å². The first-order valence-corrected chi connectivity index (χ1v) is 6.45. The van der Waals surface area contributed by atoms with E-state index < -0.39 is 0 Å². The molecule has 0 aromatic heterocycles. The van der Waals surface area contributed by atoms with Gasteiger partial charge in [0.2, 0.25) is 5.96 Å². The second-order valence-corrected chi connectivity index (χ2v) is 5.14. The van der Waals surface area contributed by atoms with Crippen LogP contribution in [-0.4, -0.2) is 19.1 Å². The molecule has 92 valence electrons. The van der Waals surface area contributed by atoms with Gasteiger partial charge in [-0.15, -0.1) is 0 Å². The Labute approximate surface area is 110 Å². The maximum atomic E-state index is 6.06. The van der Waals surface area contributed by atoms with Gasteiger partial charge in [0.05, 0.1) is 22.7 Å². The smallest absolute Gasteiger partial charge is 0.206 e. The van der Waals surface area contributed by atoms with E-state index >= 15 is 0 Å². The number of anilines is 1. The van der Waals surface area contributed by atoms with E-state index in [0.717, 1.165) is 16.5 Å². The number of methoxy groups -OCH3 is 1. The molecule has 0 aliphatic carbocycles. The number of halogens is 1. The van der Waals surface area contributed by atoms with Crippen LogP contribution in [0.5, 0.6) is 5.75 Å². The lowest BCUT2D eigenvalue weighted by Gasteiger charge is -2.22. The Morgan fingerprint density at radius 3 is 2.82 bits per heavy atom. The average Bonchev–Trinajstić information content (AvgIpc) is 2.28. The van der Waals surface area contributed by atoms with Crippen molar-refractivity contribution in [1.82, 2.24) is 4.72 Å². The molecule has 1 aromatic rings. The first kappa shape index (κ1) is 12.4. The van der Waals surface area contributed by atoms with Crippen LogP contribution in [0.3, 0.4) is 0 Å². The van der Waals surface area contributed by atoms with Crippen molar-refractivity contribution in [1.29, 1.82) is 0 Å². The van der Waals surface area contributed by atoms with E-state index in [1.807, 2.05) is 26.0 Å². The molecule has 17 heavy (non-hydrogen) atoms. The number of hydrogen-bond donors (Lipinski definition) is 2. The van der Waals surface area contributed by atoms with Crippen molar-refractivity contribution in [2.24, 2.45) is 4.99 Å². The highest BCUT2D eigenvalue weighted by atomic mass is 35.5. The fourth-order valence-corrected chi connectivity index (χ4v) is 2.46. The summed E-state index contributed by atoms with van der Waals surface area (Å²) in [6.07, 6.45) is 0. The summed E-state index contributed by atoms with van der Waals surface area (Å²) in [6, 6.07) is 3.98. The summed E-state index contributed by atoms with van der Waals surface area (Å²) in [5.41, 5.74) is 0.953. The number of ether oxygens (including phenoxy) is 1. The topological polar surface area (TPSA) is 45.6 Å². The Bertz CT molecular complexity index is 462. The van der Waals surface area contributed by atoms with Crippen LogP contribution in [-0.2, 0) is 0 Å². The number of hydrogen-bond acceptors (Lipinski definition) is 3. The fourth-order valence-electron chi connectivity index (χ4n) is 1.45. The molecule has 0 bridgehead atoms. The van der Waals surface area contributed by atoms with Gasteiger partial charge in [0.25, 0.3) is 0 Å². The SMILES string of the molecule is COc1cc2c(cc1Cl)SNC(=NC(C)C)N2. The molecule has 0 saturated carbocycles. The summed E-state index contributed by atoms with van der Waals surface area (Å²) in [5.74, 6) is 1.41. The van der Waals surface area contributed by atoms with Crippen LogP contribution in [0.25, 0.3) is 0 Å². The Hall–Kier alpha value is -1.07. The molecule has 0 atom stereocenters. The molecule has 0 radical (unpaired) electrons. The summed E-state index contributed by atoms with van der Waals surface area (Å²) in [5, 5.41) is 3.81. The van der Waals surface area contributed by atoms with Gasteiger partial charge in [-0.05, 0) is 31.9 Å². The number of nitrogens with one attached hydrogen (secondary N) is 2. The molecule has 6 heteroatoms. The van der Waals surface area contributed by atoms with E-state index in [1.54, 1.807) is 7.11 Å². The molecule has 1 aromatic carbocycles. The summed E-state index contributed by atoms with van der Waals surface area (Å²) < 4.78 is 8.31. The minimum atomic E-state index is 0.237. The monoisotopic (exact) mass is 271 g/mol. The average molecular weight is 272 g/mol. The summed E-state index contributed by atoms with van der Waals surface area (Å²) in [7, 11) is 1.60. The van der Waals surface area contributed by atoms with Crippen LogP contribution < -0.4 is 14.8 Å². The van der Waals surface area contributed by atoms with Crippen molar-refractivity contribution in [2.45, 2.75) is 24.8 Å². The quantitative estimate of drug-likeness (QED) is 0.812. The van der Waals surface area contributed by atoms with Crippen LogP contribution in [0, 0.1) is 0 Å². The predicted molar refractivity (Wildman–Crippen MR) is 73.2 cm³/mol. The van der Waals surface area contributed by atoms with Gasteiger partial charge in [-0.25, -0.2) is 4.99 Å². The van der Waals surface area contributed by atoms with Crippen molar-refractivity contribution < 1.29 is 4.74 Å².